The molecule has 0 amide bonds. The number of ether oxygens (including phenoxy) is 2. The van der Waals surface area contributed by atoms with E-state index in [0.717, 1.165) is 19.3 Å². The summed E-state index contributed by atoms with van der Waals surface area (Å²) in [5.41, 5.74) is 3.21. The Kier molecular flexibility index (Phi) is 5.84. The number of fused-ring (bicyclic) bond motifs is 1. The SMILES string of the molecule is COCCC1CCC(C)(C)c2ccc(C(=O)Oc3ccc(C(=O)O)cc3)cc21. The molecule has 1 aliphatic carbocycles. The Morgan fingerprint density at radius 3 is 2.43 bits per heavy atom. The third-order valence-electron chi connectivity index (χ3n) is 5.56. The second-order valence-electron chi connectivity index (χ2n) is 7.92. The molecule has 0 bridgehead atoms. The minimum absolute atomic E-state index is 0.0774. The fourth-order valence-electron chi connectivity index (χ4n) is 3.86. The first kappa shape index (κ1) is 20.1. The lowest BCUT2D eigenvalue weighted by Crippen LogP contribution is -2.27. The Hall–Kier alpha value is -2.66. The van der Waals surface area contributed by atoms with E-state index in [9.17, 15) is 9.59 Å². The number of aromatic carboxylic acids is 1. The maximum atomic E-state index is 12.6. The highest BCUT2D eigenvalue weighted by atomic mass is 16.5. The molecule has 1 aliphatic rings. The molecular weight excluding hydrogens is 356 g/mol. The van der Waals surface area contributed by atoms with Crippen molar-refractivity contribution in [2.75, 3.05) is 13.7 Å². The molecule has 1 unspecified atom stereocenters. The Morgan fingerprint density at radius 1 is 1.11 bits per heavy atom. The van der Waals surface area contributed by atoms with Crippen LogP contribution in [0.1, 0.15) is 70.9 Å². The maximum Gasteiger partial charge on any atom is 0.343 e. The van der Waals surface area contributed by atoms with E-state index in [0.29, 0.717) is 23.8 Å². The van der Waals surface area contributed by atoms with Crippen LogP contribution in [0.15, 0.2) is 42.5 Å². The average Bonchev–Trinajstić information content (AvgIpc) is 2.67. The van der Waals surface area contributed by atoms with Crippen molar-refractivity contribution in [1.82, 2.24) is 0 Å². The summed E-state index contributed by atoms with van der Waals surface area (Å²) in [5, 5.41) is 8.96. The Bertz CT molecular complexity index is 867. The number of hydrogen-bond donors (Lipinski definition) is 1. The van der Waals surface area contributed by atoms with E-state index in [1.807, 2.05) is 18.2 Å². The van der Waals surface area contributed by atoms with Crippen LogP contribution in [0.3, 0.4) is 0 Å². The maximum absolute atomic E-state index is 12.6. The summed E-state index contributed by atoms with van der Waals surface area (Å²) in [5.74, 6) is -0.772. The zero-order valence-corrected chi connectivity index (χ0v) is 16.5. The van der Waals surface area contributed by atoms with Gasteiger partial charge in [0.2, 0.25) is 0 Å². The first-order chi connectivity index (χ1) is 13.3. The topological polar surface area (TPSA) is 72.8 Å². The second kappa shape index (κ2) is 8.15. The van der Waals surface area contributed by atoms with Crippen LogP contribution in [-0.4, -0.2) is 30.8 Å². The van der Waals surface area contributed by atoms with Gasteiger partial charge in [0.15, 0.2) is 0 Å². The molecule has 0 spiro atoms. The van der Waals surface area contributed by atoms with E-state index in [1.165, 1.54) is 35.4 Å². The van der Waals surface area contributed by atoms with Crippen LogP contribution < -0.4 is 4.74 Å². The van der Waals surface area contributed by atoms with Crippen LogP contribution in [0.5, 0.6) is 5.75 Å². The molecular formula is C23H26O5. The first-order valence-corrected chi connectivity index (χ1v) is 9.51. The predicted molar refractivity (Wildman–Crippen MR) is 106 cm³/mol. The third kappa shape index (κ3) is 4.25. The van der Waals surface area contributed by atoms with Crippen LogP contribution >= 0.6 is 0 Å². The molecule has 0 radical (unpaired) electrons. The van der Waals surface area contributed by atoms with Gasteiger partial charge in [0, 0.05) is 13.7 Å². The van der Waals surface area contributed by atoms with Gasteiger partial charge in [-0.1, -0.05) is 19.9 Å². The van der Waals surface area contributed by atoms with E-state index in [-0.39, 0.29) is 11.0 Å². The Balaban J connectivity index is 1.84. The van der Waals surface area contributed by atoms with Crippen LogP contribution in [0.4, 0.5) is 0 Å². The molecule has 0 heterocycles. The van der Waals surface area contributed by atoms with E-state index in [1.54, 1.807) is 7.11 Å². The summed E-state index contributed by atoms with van der Waals surface area (Å²) in [6.07, 6.45) is 3.10. The highest BCUT2D eigenvalue weighted by Crippen LogP contribution is 2.44. The van der Waals surface area contributed by atoms with Gasteiger partial charge in [0.25, 0.3) is 0 Å². The van der Waals surface area contributed by atoms with Gasteiger partial charge in [-0.25, -0.2) is 9.59 Å². The number of rotatable bonds is 6. The number of hydrogen-bond acceptors (Lipinski definition) is 4. The number of methoxy groups -OCH3 is 1. The molecule has 0 saturated heterocycles. The standard InChI is InChI=1S/C23H26O5/c1-23(2)12-10-15(11-13-27-3)19-14-17(6-9-20(19)23)22(26)28-18-7-4-16(5-8-18)21(24)25/h4-9,14-15H,10-13H2,1-3H3,(H,24,25). The lowest BCUT2D eigenvalue weighted by atomic mass is 9.68. The molecule has 1 atom stereocenters. The summed E-state index contributed by atoms with van der Waals surface area (Å²) < 4.78 is 10.7. The van der Waals surface area contributed by atoms with E-state index >= 15 is 0 Å². The summed E-state index contributed by atoms with van der Waals surface area (Å²) in [6.45, 7) is 5.16. The van der Waals surface area contributed by atoms with E-state index in [4.69, 9.17) is 14.6 Å². The quantitative estimate of drug-likeness (QED) is 0.574. The minimum Gasteiger partial charge on any atom is -0.478 e. The smallest absolute Gasteiger partial charge is 0.343 e. The zero-order valence-electron chi connectivity index (χ0n) is 16.5. The molecule has 3 rings (SSSR count). The Labute approximate surface area is 165 Å². The van der Waals surface area contributed by atoms with E-state index < -0.39 is 11.9 Å². The average molecular weight is 382 g/mol. The van der Waals surface area contributed by atoms with Crippen LogP contribution in [0.2, 0.25) is 0 Å². The number of esters is 1. The van der Waals surface area contributed by atoms with Gasteiger partial charge in [-0.05, 0) is 78.1 Å². The summed E-state index contributed by atoms with van der Waals surface area (Å²) in [6, 6.07) is 11.6. The minimum atomic E-state index is -1.02. The van der Waals surface area contributed by atoms with Gasteiger partial charge in [0.1, 0.15) is 5.75 Å². The molecule has 1 N–H and O–H groups in total. The van der Waals surface area contributed by atoms with Crippen molar-refractivity contribution in [3.05, 3.63) is 64.7 Å². The van der Waals surface area contributed by atoms with Crippen LogP contribution in [-0.2, 0) is 10.2 Å². The zero-order chi connectivity index (χ0) is 20.3. The van der Waals surface area contributed by atoms with Crippen molar-refractivity contribution < 1.29 is 24.2 Å². The molecule has 0 fully saturated rings. The largest absolute Gasteiger partial charge is 0.478 e. The van der Waals surface area contributed by atoms with Crippen molar-refractivity contribution in [2.45, 2.75) is 44.4 Å². The lowest BCUT2D eigenvalue weighted by molar-refractivity contribution is 0.0696. The van der Waals surface area contributed by atoms with Crippen molar-refractivity contribution in [1.29, 1.82) is 0 Å². The van der Waals surface area contributed by atoms with Crippen LogP contribution in [0.25, 0.3) is 0 Å². The molecule has 5 nitrogen and oxygen atoms in total. The predicted octanol–water partition coefficient (Wildman–Crippen LogP) is 4.80. The molecule has 5 heteroatoms. The van der Waals surface area contributed by atoms with Gasteiger partial charge in [-0.15, -0.1) is 0 Å². The number of benzene rings is 2. The van der Waals surface area contributed by atoms with Gasteiger partial charge < -0.3 is 14.6 Å². The fraction of sp³-hybridized carbons (Fsp3) is 0.391. The fourth-order valence-corrected chi connectivity index (χ4v) is 3.86. The molecule has 2 aromatic rings. The summed E-state index contributed by atoms with van der Waals surface area (Å²) in [4.78, 5) is 23.6. The normalized spacial score (nSPS) is 17.6. The highest BCUT2D eigenvalue weighted by molar-refractivity contribution is 5.92. The molecule has 148 valence electrons. The Morgan fingerprint density at radius 2 is 1.79 bits per heavy atom. The van der Waals surface area contributed by atoms with Crippen molar-refractivity contribution in [3.63, 3.8) is 0 Å². The summed E-state index contributed by atoms with van der Waals surface area (Å²) in [7, 11) is 1.71. The van der Waals surface area contributed by atoms with Gasteiger partial charge in [-0.3, -0.25) is 0 Å². The molecule has 28 heavy (non-hydrogen) atoms. The first-order valence-electron chi connectivity index (χ1n) is 9.51. The highest BCUT2D eigenvalue weighted by Gasteiger charge is 2.33. The summed E-state index contributed by atoms with van der Waals surface area (Å²) >= 11 is 0. The van der Waals surface area contributed by atoms with E-state index in [2.05, 4.69) is 13.8 Å². The van der Waals surface area contributed by atoms with Crippen molar-refractivity contribution in [3.8, 4) is 5.75 Å². The number of carbonyl (C=O) groups excluding carboxylic acids is 1. The van der Waals surface area contributed by atoms with Gasteiger partial charge >= 0.3 is 11.9 Å². The second-order valence-corrected chi connectivity index (χ2v) is 7.92. The lowest BCUT2D eigenvalue weighted by Gasteiger charge is -2.37. The van der Waals surface area contributed by atoms with Crippen molar-refractivity contribution in [2.24, 2.45) is 0 Å². The van der Waals surface area contributed by atoms with Gasteiger partial charge in [0.05, 0.1) is 11.1 Å². The third-order valence-corrected chi connectivity index (χ3v) is 5.56. The molecule has 0 aromatic heterocycles. The number of carboxylic acids is 1. The molecule has 0 aliphatic heterocycles. The number of carboxylic acid groups (broad SMARTS) is 1. The number of carbonyl (C=O) groups is 2. The van der Waals surface area contributed by atoms with Gasteiger partial charge in [-0.2, -0.15) is 0 Å². The molecule has 2 aromatic carbocycles. The van der Waals surface area contributed by atoms with Crippen LogP contribution in [0, 0.1) is 0 Å². The monoisotopic (exact) mass is 382 g/mol. The molecule has 0 saturated carbocycles. The van der Waals surface area contributed by atoms with Crippen molar-refractivity contribution >= 4 is 11.9 Å².